The van der Waals surface area contributed by atoms with Gasteiger partial charge in [-0.05, 0) is 43.3 Å². The lowest BCUT2D eigenvalue weighted by atomic mass is 10.3. The first-order valence-corrected chi connectivity index (χ1v) is 9.74. The molecule has 0 radical (unpaired) electrons. The summed E-state index contributed by atoms with van der Waals surface area (Å²) >= 11 is 7.20. The van der Waals surface area contributed by atoms with Crippen molar-refractivity contribution in [2.45, 2.75) is 31.8 Å². The number of carbonyl (C=O) groups excluding carboxylic acids is 1. The maximum absolute atomic E-state index is 12.0. The molecule has 7 nitrogen and oxygen atoms in total. The van der Waals surface area contributed by atoms with Gasteiger partial charge < -0.3 is 19.0 Å². The van der Waals surface area contributed by atoms with Crippen LogP contribution in [0.1, 0.15) is 18.5 Å². The minimum absolute atomic E-state index is 0.0963. The third-order valence-electron chi connectivity index (χ3n) is 3.66. The van der Waals surface area contributed by atoms with E-state index in [4.69, 9.17) is 20.8 Å². The molecule has 0 spiro atoms. The van der Waals surface area contributed by atoms with Crippen molar-refractivity contribution < 1.29 is 13.9 Å². The van der Waals surface area contributed by atoms with Crippen molar-refractivity contribution in [2.24, 2.45) is 0 Å². The van der Waals surface area contributed by atoms with E-state index in [9.17, 15) is 4.79 Å². The summed E-state index contributed by atoms with van der Waals surface area (Å²) in [6, 6.07) is 10.7. The Morgan fingerprint density at radius 2 is 2.11 bits per heavy atom. The first-order valence-electron chi connectivity index (χ1n) is 8.38. The topological polar surface area (TPSA) is 82.2 Å². The Morgan fingerprint density at radius 3 is 2.81 bits per heavy atom. The Kier molecular flexibility index (Phi) is 6.78. The molecule has 0 saturated heterocycles. The summed E-state index contributed by atoms with van der Waals surface area (Å²) in [6.07, 6.45) is 1.58. The van der Waals surface area contributed by atoms with Crippen LogP contribution in [0.3, 0.4) is 0 Å². The molecule has 27 heavy (non-hydrogen) atoms. The normalized spacial score (nSPS) is 10.7. The first-order chi connectivity index (χ1) is 13.2. The van der Waals surface area contributed by atoms with Crippen LogP contribution in [0.2, 0.25) is 5.02 Å². The zero-order valence-corrected chi connectivity index (χ0v) is 16.3. The molecule has 0 aliphatic rings. The van der Waals surface area contributed by atoms with Gasteiger partial charge in [-0.3, -0.25) is 4.79 Å². The van der Waals surface area contributed by atoms with E-state index in [2.05, 4.69) is 15.5 Å². The number of amides is 1. The molecule has 3 rings (SSSR count). The minimum atomic E-state index is -0.0963. The zero-order chi connectivity index (χ0) is 19.1. The summed E-state index contributed by atoms with van der Waals surface area (Å²) in [5, 5.41) is 12.5. The monoisotopic (exact) mass is 406 g/mol. The number of nitrogens with one attached hydrogen (secondary N) is 1. The lowest BCUT2D eigenvalue weighted by Gasteiger charge is -2.09. The molecular formula is C18H19ClN4O3S. The second-order valence-corrected chi connectivity index (χ2v) is 6.91. The summed E-state index contributed by atoms with van der Waals surface area (Å²) in [4.78, 5) is 12.0. The average molecular weight is 407 g/mol. The maximum atomic E-state index is 12.0. The molecule has 0 aliphatic heterocycles. The Balaban J connectivity index is 1.51. The first kappa shape index (κ1) is 19.3. The van der Waals surface area contributed by atoms with Gasteiger partial charge in [0.1, 0.15) is 18.1 Å². The lowest BCUT2D eigenvalue weighted by molar-refractivity contribution is -0.118. The number of halogens is 1. The molecule has 9 heteroatoms. The average Bonchev–Trinajstić information content (AvgIpc) is 3.33. The number of hydrogen-bond acceptors (Lipinski definition) is 6. The van der Waals surface area contributed by atoms with Gasteiger partial charge in [-0.15, -0.1) is 10.2 Å². The highest BCUT2D eigenvalue weighted by atomic mass is 35.5. The van der Waals surface area contributed by atoms with E-state index in [0.29, 0.717) is 40.6 Å². The summed E-state index contributed by atoms with van der Waals surface area (Å²) < 4.78 is 12.8. The van der Waals surface area contributed by atoms with E-state index in [-0.39, 0.29) is 18.3 Å². The Morgan fingerprint density at radius 1 is 1.30 bits per heavy atom. The van der Waals surface area contributed by atoms with E-state index in [1.54, 1.807) is 36.6 Å². The molecule has 0 aliphatic carbocycles. The number of ether oxygens (including phenoxy) is 1. The third-order valence-corrected chi connectivity index (χ3v) is 4.88. The third kappa shape index (κ3) is 5.51. The van der Waals surface area contributed by atoms with Crippen LogP contribution in [0.5, 0.6) is 5.75 Å². The van der Waals surface area contributed by atoms with Gasteiger partial charge in [0.05, 0.1) is 18.6 Å². The zero-order valence-electron chi connectivity index (χ0n) is 14.7. The molecule has 0 fully saturated rings. The molecule has 1 aromatic carbocycles. The number of nitrogens with zero attached hydrogens (tertiary/aromatic N) is 3. The van der Waals surface area contributed by atoms with Gasteiger partial charge in [-0.25, -0.2) is 0 Å². The Hall–Kier alpha value is -2.45. The van der Waals surface area contributed by atoms with Crippen molar-refractivity contribution in [3.05, 3.63) is 59.3 Å². The number of thioether (sulfide) groups is 1. The van der Waals surface area contributed by atoms with Crippen LogP contribution in [0.25, 0.3) is 0 Å². The number of rotatable bonds is 9. The van der Waals surface area contributed by atoms with Gasteiger partial charge >= 0.3 is 0 Å². The van der Waals surface area contributed by atoms with Crippen molar-refractivity contribution in [3.8, 4) is 5.75 Å². The smallest absolute Gasteiger partial charge is 0.230 e. The molecule has 0 atom stereocenters. The molecule has 0 bridgehead atoms. The van der Waals surface area contributed by atoms with Gasteiger partial charge in [0.25, 0.3) is 0 Å². The van der Waals surface area contributed by atoms with E-state index in [1.807, 2.05) is 17.6 Å². The van der Waals surface area contributed by atoms with Gasteiger partial charge in [-0.2, -0.15) is 0 Å². The highest BCUT2D eigenvalue weighted by Gasteiger charge is 2.14. The van der Waals surface area contributed by atoms with E-state index < -0.39 is 0 Å². The second kappa shape index (κ2) is 9.48. The van der Waals surface area contributed by atoms with Gasteiger partial charge in [0, 0.05) is 11.6 Å². The van der Waals surface area contributed by atoms with Crippen LogP contribution in [0.4, 0.5) is 0 Å². The Labute approximate surface area is 166 Å². The molecule has 0 saturated carbocycles. The molecule has 2 heterocycles. The predicted molar refractivity (Wildman–Crippen MR) is 103 cm³/mol. The molecule has 3 aromatic rings. The number of furan rings is 1. The minimum Gasteiger partial charge on any atom is -0.486 e. The fraction of sp³-hybridized carbons (Fsp3) is 0.278. The van der Waals surface area contributed by atoms with Crippen LogP contribution >= 0.6 is 23.4 Å². The lowest BCUT2D eigenvalue weighted by Crippen LogP contribution is -2.24. The maximum Gasteiger partial charge on any atom is 0.230 e. The summed E-state index contributed by atoms with van der Waals surface area (Å²) in [5.41, 5.74) is 0. The van der Waals surface area contributed by atoms with Crippen LogP contribution in [-0.4, -0.2) is 26.4 Å². The van der Waals surface area contributed by atoms with E-state index >= 15 is 0 Å². The largest absolute Gasteiger partial charge is 0.486 e. The standard InChI is InChI=1S/C18H19ClN4O3S/c1-2-23-16(11-26-14-7-5-13(19)6-8-14)21-22-18(23)27-12-17(24)20-10-15-4-3-9-25-15/h3-9H,2,10-12H2,1H3,(H,20,24). The SMILES string of the molecule is CCn1c(COc2ccc(Cl)cc2)nnc1SCC(=O)NCc1ccco1. The second-order valence-electron chi connectivity index (χ2n) is 5.53. The van der Waals surface area contributed by atoms with Gasteiger partial charge in [0.2, 0.25) is 5.91 Å². The molecular weight excluding hydrogens is 388 g/mol. The molecule has 142 valence electrons. The van der Waals surface area contributed by atoms with Crippen molar-refractivity contribution in [1.82, 2.24) is 20.1 Å². The van der Waals surface area contributed by atoms with E-state index in [0.717, 1.165) is 0 Å². The van der Waals surface area contributed by atoms with Crippen molar-refractivity contribution in [2.75, 3.05) is 5.75 Å². The highest BCUT2D eigenvalue weighted by molar-refractivity contribution is 7.99. The molecule has 2 aromatic heterocycles. The fourth-order valence-electron chi connectivity index (χ4n) is 2.31. The fourth-order valence-corrected chi connectivity index (χ4v) is 3.29. The van der Waals surface area contributed by atoms with Gasteiger partial charge in [0.15, 0.2) is 11.0 Å². The number of aromatic nitrogens is 3. The predicted octanol–water partition coefficient (Wildman–Crippen LogP) is 3.53. The quantitative estimate of drug-likeness (QED) is 0.547. The highest BCUT2D eigenvalue weighted by Crippen LogP contribution is 2.19. The molecule has 1 N–H and O–H groups in total. The van der Waals surface area contributed by atoms with Crippen LogP contribution in [0, 0.1) is 0 Å². The molecule has 0 unspecified atom stereocenters. The number of carbonyl (C=O) groups is 1. The van der Waals surface area contributed by atoms with Gasteiger partial charge in [-0.1, -0.05) is 23.4 Å². The summed E-state index contributed by atoms with van der Waals surface area (Å²) in [7, 11) is 0. The van der Waals surface area contributed by atoms with E-state index in [1.165, 1.54) is 11.8 Å². The van der Waals surface area contributed by atoms with Crippen molar-refractivity contribution >= 4 is 29.3 Å². The van der Waals surface area contributed by atoms with Crippen molar-refractivity contribution in [1.29, 1.82) is 0 Å². The molecule has 1 amide bonds. The van der Waals surface area contributed by atoms with Crippen LogP contribution < -0.4 is 10.1 Å². The number of benzene rings is 1. The summed E-state index contributed by atoms with van der Waals surface area (Å²) in [5.74, 6) is 2.27. The van der Waals surface area contributed by atoms with Crippen LogP contribution in [0.15, 0.2) is 52.2 Å². The van der Waals surface area contributed by atoms with Crippen molar-refractivity contribution in [3.63, 3.8) is 0 Å². The summed E-state index contributed by atoms with van der Waals surface area (Å²) in [6.45, 7) is 3.33. The number of hydrogen-bond donors (Lipinski definition) is 1. The van der Waals surface area contributed by atoms with Crippen LogP contribution in [-0.2, 0) is 24.5 Å². The Bertz CT molecular complexity index is 865.